The summed E-state index contributed by atoms with van der Waals surface area (Å²) in [6.45, 7) is 4.99. The van der Waals surface area contributed by atoms with Crippen molar-refractivity contribution in [2.75, 3.05) is 19.0 Å². The van der Waals surface area contributed by atoms with Crippen LogP contribution in [-0.4, -0.2) is 35.8 Å². The lowest BCUT2D eigenvalue weighted by molar-refractivity contribution is 0.0687. The van der Waals surface area contributed by atoms with E-state index in [1.807, 2.05) is 16.3 Å². The van der Waals surface area contributed by atoms with Crippen LogP contribution in [0.25, 0.3) is 0 Å². The van der Waals surface area contributed by atoms with Gasteiger partial charge in [0.2, 0.25) is 0 Å². The van der Waals surface area contributed by atoms with Crippen LogP contribution in [0.4, 0.5) is 0 Å². The Morgan fingerprint density at radius 3 is 2.61 bits per heavy atom. The molecule has 0 spiro atoms. The molecule has 0 N–H and O–H groups in total. The van der Waals surface area contributed by atoms with Crippen LogP contribution in [0.2, 0.25) is 0 Å². The second-order valence-corrected chi connectivity index (χ2v) is 5.71. The van der Waals surface area contributed by atoms with Crippen molar-refractivity contribution < 1.29 is 9.53 Å². The van der Waals surface area contributed by atoms with Crippen LogP contribution in [0.15, 0.2) is 11.4 Å². The Morgan fingerprint density at radius 1 is 1.50 bits per heavy atom. The number of carbonyl (C=O) groups excluding carboxylic acids is 1. The first kappa shape index (κ1) is 15.5. The summed E-state index contributed by atoms with van der Waals surface area (Å²) < 4.78 is 5.13. The number of hydrogen-bond acceptors (Lipinski definition) is 3. The van der Waals surface area contributed by atoms with Crippen molar-refractivity contribution in [2.45, 2.75) is 32.7 Å². The van der Waals surface area contributed by atoms with Crippen LogP contribution in [0.1, 0.15) is 36.4 Å². The molecule has 1 aromatic heterocycles. The topological polar surface area (TPSA) is 29.5 Å². The van der Waals surface area contributed by atoms with Crippen LogP contribution in [-0.2, 0) is 0 Å². The van der Waals surface area contributed by atoms with Crippen LogP contribution in [0, 0.1) is 0 Å². The zero-order valence-electron chi connectivity index (χ0n) is 11.1. The van der Waals surface area contributed by atoms with Crippen molar-refractivity contribution in [2.24, 2.45) is 0 Å². The summed E-state index contributed by atoms with van der Waals surface area (Å²) in [4.78, 5) is 15.2. The van der Waals surface area contributed by atoms with Crippen LogP contribution < -0.4 is 4.74 Å². The first-order chi connectivity index (χ1) is 8.67. The maximum absolute atomic E-state index is 12.5. The van der Waals surface area contributed by atoms with E-state index in [-0.39, 0.29) is 5.91 Å². The summed E-state index contributed by atoms with van der Waals surface area (Å²) in [5.41, 5.74) is 0. The van der Waals surface area contributed by atoms with Gasteiger partial charge < -0.3 is 9.64 Å². The highest BCUT2D eigenvalue weighted by Crippen LogP contribution is 2.24. The van der Waals surface area contributed by atoms with E-state index >= 15 is 0 Å². The Labute approximate surface area is 121 Å². The largest absolute Gasteiger partial charge is 0.496 e. The van der Waals surface area contributed by atoms with Gasteiger partial charge in [0.1, 0.15) is 5.75 Å². The fraction of sp³-hybridized carbons (Fsp3) is 0.615. The second-order valence-electron chi connectivity index (χ2n) is 4.01. The van der Waals surface area contributed by atoms with Gasteiger partial charge in [-0.15, -0.1) is 11.3 Å². The summed E-state index contributed by atoms with van der Waals surface area (Å²) >= 11 is 4.86. The van der Waals surface area contributed by atoms with Gasteiger partial charge in [-0.2, -0.15) is 0 Å². The number of halogens is 1. The normalized spacial score (nSPS) is 10.7. The number of ether oxygens (including phenoxy) is 1. The molecule has 0 aliphatic heterocycles. The standard InChI is InChI=1S/C13H20BrNO2S/c1-4-10(5-2)15(7-6-14)13(16)12-8-11(17-3)9-18-12/h8-10H,4-7H2,1-3H3. The van der Waals surface area contributed by atoms with E-state index < -0.39 is 0 Å². The molecule has 18 heavy (non-hydrogen) atoms. The predicted octanol–water partition coefficient (Wildman–Crippen LogP) is 3.78. The van der Waals surface area contributed by atoms with E-state index in [9.17, 15) is 4.79 Å². The maximum atomic E-state index is 12.5. The van der Waals surface area contributed by atoms with Crippen LogP contribution in [0.3, 0.4) is 0 Å². The van der Waals surface area contributed by atoms with E-state index in [1.54, 1.807) is 7.11 Å². The van der Waals surface area contributed by atoms with Gasteiger partial charge in [0.15, 0.2) is 0 Å². The van der Waals surface area contributed by atoms with Crippen molar-refractivity contribution in [1.29, 1.82) is 0 Å². The third-order valence-corrected chi connectivity index (χ3v) is 4.24. The lowest BCUT2D eigenvalue weighted by Crippen LogP contribution is -2.40. The molecule has 5 heteroatoms. The molecule has 1 aromatic rings. The number of hydrogen-bond donors (Lipinski definition) is 0. The third kappa shape index (κ3) is 3.72. The summed E-state index contributed by atoms with van der Waals surface area (Å²) in [5.74, 6) is 0.864. The van der Waals surface area contributed by atoms with Gasteiger partial charge in [0, 0.05) is 29.4 Å². The lowest BCUT2D eigenvalue weighted by Gasteiger charge is -2.29. The fourth-order valence-electron chi connectivity index (χ4n) is 1.95. The average molecular weight is 334 g/mol. The highest BCUT2D eigenvalue weighted by molar-refractivity contribution is 9.09. The lowest BCUT2D eigenvalue weighted by atomic mass is 10.1. The van der Waals surface area contributed by atoms with Gasteiger partial charge in [-0.1, -0.05) is 29.8 Å². The molecular weight excluding hydrogens is 314 g/mol. The van der Waals surface area contributed by atoms with E-state index in [1.165, 1.54) is 11.3 Å². The Hall–Kier alpha value is -0.550. The molecular formula is C13H20BrNO2S. The van der Waals surface area contributed by atoms with Crippen molar-refractivity contribution in [3.8, 4) is 5.75 Å². The molecule has 1 amide bonds. The van der Waals surface area contributed by atoms with Gasteiger partial charge in [-0.25, -0.2) is 0 Å². The molecule has 0 aromatic carbocycles. The summed E-state index contributed by atoms with van der Waals surface area (Å²) in [6, 6.07) is 2.12. The maximum Gasteiger partial charge on any atom is 0.264 e. The van der Waals surface area contributed by atoms with Gasteiger partial charge in [0.05, 0.1) is 12.0 Å². The Balaban J connectivity index is 2.87. The minimum Gasteiger partial charge on any atom is -0.496 e. The van der Waals surface area contributed by atoms with Gasteiger partial charge in [0.25, 0.3) is 5.91 Å². The first-order valence-corrected chi connectivity index (χ1v) is 8.17. The molecule has 1 rings (SSSR count). The zero-order chi connectivity index (χ0) is 13.5. The highest BCUT2D eigenvalue weighted by Gasteiger charge is 2.23. The number of rotatable bonds is 7. The van der Waals surface area contributed by atoms with E-state index in [0.717, 1.165) is 35.3 Å². The minimum atomic E-state index is 0.108. The molecule has 0 aliphatic carbocycles. The molecule has 0 radical (unpaired) electrons. The minimum absolute atomic E-state index is 0.108. The Kier molecular flexibility index (Phi) is 6.71. The summed E-state index contributed by atoms with van der Waals surface area (Å²) in [7, 11) is 1.62. The molecule has 3 nitrogen and oxygen atoms in total. The summed E-state index contributed by atoms with van der Waals surface area (Å²) in [5, 5.41) is 2.67. The Bertz CT molecular complexity index is 377. The molecule has 0 saturated carbocycles. The zero-order valence-corrected chi connectivity index (χ0v) is 13.5. The van der Waals surface area contributed by atoms with E-state index in [0.29, 0.717) is 6.04 Å². The molecule has 0 unspecified atom stereocenters. The van der Waals surface area contributed by atoms with Crippen LogP contribution in [0.5, 0.6) is 5.75 Å². The number of alkyl halides is 1. The number of methoxy groups -OCH3 is 1. The fourth-order valence-corrected chi connectivity index (χ4v) is 3.14. The van der Waals surface area contributed by atoms with E-state index in [4.69, 9.17) is 4.74 Å². The van der Waals surface area contributed by atoms with Gasteiger partial charge >= 0.3 is 0 Å². The smallest absolute Gasteiger partial charge is 0.264 e. The summed E-state index contributed by atoms with van der Waals surface area (Å²) in [6.07, 6.45) is 1.97. The molecule has 102 valence electrons. The number of nitrogens with zero attached hydrogens (tertiary/aromatic N) is 1. The van der Waals surface area contributed by atoms with Crippen LogP contribution >= 0.6 is 27.3 Å². The molecule has 0 aliphatic rings. The average Bonchev–Trinajstić information content (AvgIpc) is 2.87. The molecule has 0 bridgehead atoms. The number of carbonyl (C=O) groups is 1. The molecule has 0 fully saturated rings. The van der Waals surface area contributed by atoms with Crippen molar-refractivity contribution in [1.82, 2.24) is 4.90 Å². The van der Waals surface area contributed by atoms with Crippen molar-refractivity contribution >= 4 is 33.2 Å². The second kappa shape index (κ2) is 7.79. The third-order valence-electron chi connectivity index (χ3n) is 2.99. The predicted molar refractivity (Wildman–Crippen MR) is 80.1 cm³/mol. The van der Waals surface area contributed by atoms with Crippen molar-refractivity contribution in [3.05, 3.63) is 16.3 Å². The molecule has 0 saturated heterocycles. The highest BCUT2D eigenvalue weighted by atomic mass is 79.9. The van der Waals surface area contributed by atoms with Gasteiger partial charge in [-0.05, 0) is 12.8 Å². The monoisotopic (exact) mass is 333 g/mol. The molecule has 0 atom stereocenters. The number of thiophene rings is 1. The first-order valence-electron chi connectivity index (χ1n) is 6.17. The van der Waals surface area contributed by atoms with Crippen molar-refractivity contribution in [3.63, 3.8) is 0 Å². The quantitative estimate of drug-likeness (QED) is 0.710. The number of amides is 1. The van der Waals surface area contributed by atoms with Gasteiger partial charge in [-0.3, -0.25) is 4.79 Å². The Morgan fingerprint density at radius 2 is 2.17 bits per heavy atom. The van der Waals surface area contributed by atoms with E-state index in [2.05, 4.69) is 29.8 Å². The molecule has 1 heterocycles. The SMILES string of the molecule is CCC(CC)N(CCBr)C(=O)c1cc(OC)cs1.